The normalized spacial score (nSPS) is 11.8. The van der Waals surface area contributed by atoms with Crippen molar-refractivity contribution in [2.24, 2.45) is 0 Å². The fraction of sp³-hybridized carbons (Fsp3) is 0.188. The molecule has 0 saturated carbocycles. The van der Waals surface area contributed by atoms with Crippen molar-refractivity contribution in [3.05, 3.63) is 59.2 Å². The number of sulfonamides is 1. The van der Waals surface area contributed by atoms with Gasteiger partial charge in [0.05, 0.1) is 21.7 Å². The lowest BCUT2D eigenvalue weighted by molar-refractivity contribution is -0.137. The molecule has 2 aromatic carbocycles. The second kappa shape index (κ2) is 7.13. The summed E-state index contributed by atoms with van der Waals surface area (Å²) in [7, 11) is -2.23. The standard InChI is InChI=1S/C16H14F3N3O2S/c1-21-25(23,24)14-5-2-11(3-6-14)10-22-15-7-4-13(16(17,18)19)8-12(15)9-20/h2-8,21-22H,10H2,1H3. The summed E-state index contributed by atoms with van der Waals surface area (Å²) in [6.45, 7) is 0.222. The molecule has 2 rings (SSSR count). The number of rotatable bonds is 5. The van der Waals surface area contributed by atoms with Crippen molar-refractivity contribution in [3.8, 4) is 6.07 Å². The van der Waals surface area contributed by atoms with Crippen molar-refractivity contribution in [2.45, 2.75) is 17.6 Å². The molecule has 0 aromatic heterocycles. The maximum absolute atomic E-state index is 12.7. The first-order valence-electron chi connectivity index (χ1n) is 7.05. The first-order chi connectivity index (χ1) is 11.7. The van der Waals surface area contributed by atoms with Gasteiger partial charge in [0, 0.05) is 6.54 Å². The SMILES string of the molecule is CNS(=O)(=O)c1ccc(CNc2ccc(C(F)(F)F)cc2C#N)cc1. The van der Waals surface area contributed by atoms with Gasteiger partial charge in [0.2, 0.25) is 10.0 Å². The van der Waals surface area contributed by atoms with Crippen molar-refractivity contribution >= 4 is 15.7 Å². The lowest BCUT2D eigenvalue weighted by Crippen LogP contribution is -2.18. The van der Waals surface area contributed by atoms with Crippen molar-refractivity contribution in [2.75, 3.05) is 12.4 Å². The van der Waals surface area contributed by atoms with Gasteiger partial charge in [0.25, 0.3) is 0 Å². The maximum Gasteiger partial charge on any atom is 0.416 e. The van der Waals surface area contributed by atoms with E-state index in [0.29, 0.717) is 5.56 Å². The molecule has 0 aliphatic carbocycles. The Morgan fingerprint density at radius 1 is 1.12 bits per heavy atom. The summed E-state index contributed by atoms with van der Waals surface area (Å²) in [5.41, 5.74) is -0.0401. The summed E-state index contributed by atoms with van der Waals surface area (Å²) < 4.78 is 63.5. The molecule has 0 bridgehead atoms. The van der Waals surface area contributed by atoms with Gasteiger partial charge in [0.15, 0.2) is 0 Å². The maximum atomic E-state index is 12.7. The van der Waals surface area contributed by atoms with Gasteiger partial charge in [-0.15, -0.1) is 0 Å². The van der Waals surface area contributed by atoms with E-state index in [4.69, 9.17) is 5.26 Å². The van der Waals surface area contributed by atoms with Crippen LogP contribution in [0.4, 0.5) is 18.9 Å². The molecule has 9 heteroatoms. The molecule has 132 valence electrons. The second-order valence-electron chi connectivity index (χ2n) is 5.07. The van der Waals surface area contributed by atoms with Crippen LogP contribution in [0.1, 0.15) is 16.7 Å². The highest BCUT2D eigenvalue weighted by atomic mass is 32.2. The Hall–Kier alpha value is -2.57. The monoisotopic (exact) mass is 369 g/mol. The highest BCUT2D eigenvalue weighted by Gasteiger charge is 2.31. The predicted octanol–water partition coefficient (Wildman–Crippen LogP) is 3.10. The summed E-state index contributed by atoms with van der Waals surface area (Å²) in [5.74, 6) is 0. The molecule has 2 N–H and O–H groups in total. The Morgan fingerprint density at radius 3 is 2.28 bits per heavy atom. The number of nitriles is 1. The fourth-order valence-electron chi connectivity index (χ4n) is 2.07. The number of hydrogen-bond donors (Lipinski definition) is 2. The molecular formula is C16H14F3N3O2S. The third kappa shape index (κ3) is 4.49. The highest BCUT2D eigenvalue weighted by Crippen LogP contribution is 2.31. The van der Waals surface area contributed by atoms with Crippen LogP contribution in [-0.2, 0) is 22.7 Å². The number of benzene rings is 2. The summed E-state index contributed by atoms with van der Waals surface area (Å²) >= 11 is 0. The van der Waals surface area contributed by atoms with E-state index < -0.39 is 21.8 Å². The average molecular weight is 369 g/mol. The second-order valence-corrected chi connectivity index (χ2v) is 6.96. The van der Waals surface area contributed by atoms with Crippen LogP contribution in [0, 0.1) is 11.3 Å². The third-order valence-electron chi connectivity index (χ3n) is 3.45. The molecule has 0 unspecified atom stereocenters. The van der Waals surface area contributed by atoms with Gasteiger partial charge in [-0.25, -0.2) is 13.1 Å². The molecule has 0 saturated heterocycles. The Balaban J connectivity index is 2.15. The average Bonchev–Trinajstić information content (AvgIpc) is 2.59. The van der Waals surface area contributed by atoms with Crippen molar-refractivity contribution in [1.29, 1.82) is 5.26 Å². The van der Waals surface area contributed by atoms with Gasteiger partial charge in [-0.1, -0.05) is 12.1 Å². The summed E-state index contributed by atoms with van der Waals surface area (Å²) in [4.78, 5) is 0.103. The minimum atomic E-state index is -4.52. The number of anilines is 1. The molecule has 0 spiro atoms. The van der Waals surface area contributed by atoms with E-state index >= 15 is 0 Å². The van der Waals surface area contributed by atoms with Crippen LogP contribution in [0.3, 0.4) is 0 Å². The van der Waals surface area contributed by atoms with Crippen molar-refractivity contribution < 1.29 is 21.6 Å². The Labute approximate surface area is 143 Å². The van der Waals surface area contributed by atoms with Crippen LogP contribution in [0.2, 0.25) is 0 Å². The zero-order valence-electron chi connectivity index (χ0n) is 13.1. The molecule has 0 radical (unpaired) electrons. The zero-order valence-corrected chi connectivity index (χ0v) is 13.9. The molecule has 0 aliphatic rings. The number of nitrogens with one attached hydrogen (secondary N) is 2. The summed E-state index contributed by atoms with van der Waals surface area (Å²) in [6.07, 6.45) is -4.52. The minimum Gasteiger partial charge on any atom is -0.380 e. The molecule has 5 nitrogen and oxygen atoms in total. The largest absolute Gasteiger partial charge is 0.416 e. The molecule has 0 aliphatic heterocycles. The van der Waals surface area contributed by atoms with Gasteiger partial charge in [-0.2, -0.15) is 18.4 Å². The van der Waals surface area contributed by atoms with Gasteiger partial charge < -0.3 is 5.32 Å². The molecule has 0 fully saturated rings. The van der Waals surface area contributed by atoms with E-state index in [0.717, 1.165) is 12.1 Å². The van der Waals surface area contributed by atoms with E-state index in [-0.39, 0.29) is 22.7 Å². The smallest absolute Gasteiger partial charge is 0.380 e. The summed E-state index contributed by atoms with van der Waals surface area (Å²) in [6, 6.07) is 10.6. The van der Waals surface area contributed by atoms with Crippen LogP contribution in [0.5, 0.6) is 0 Å². The van der Waals surface area contributed by atoms with Crippen LogP contribution in [-0.4, -0.2) is 15.5 Å². The third-order valence-corrected chi connectivity index (χ3v) is 4.88. The number of halogens is 3. The Morgan fingerprint density at radius 2 is 1.76 bits per heavy atom. The molecule has 2 aromatic rings. The first-order valence-corrected chi connectivity index (χ1v) is 8.53. The van der Waals surface area contributed by atoms with Gasteiger partial charge in [-0.05, 0) is 42.9 Å². The highest BCUT2D eigenvalue weighted by molar-refractivity contribution is 7.89. The molecule has 0 atom stereocenters. The van der Waals surface area contributed by atoms with Crippen LogP contribution in [0.15, 0.2) is 47.4 Å². The zero-order chi connectivity index (χ0) is 18.7. The Kier molecular flexibility index (Phi) is 5.35. The van der Waals surface area contributed by atoms with E-state index in [1.54, 1.807) is 18.2 Å². The van der Waals surface area contributed by atoms with E-state index in [2.05, 4.69) is 10.0 Å². The number of hydrogen-bond acceptors (Lipinski definition) is 4. The molecule has 25 heavy (non-hydrogen) atoms. The van der Waals surface area contributed by atoms with Crippen LogP contribution < -0.4 is 10.0 Å². The first kappa shape index (κ1) is 18.8. The van der Waals surface area contributed by atoms with Gasteiger partial charge in [0.1, 0.15) is 6.07 Å². The van der Waals surface area contributed by atoms with E-state index in [9.17, 15) is 21.6 Å². The minimum absolute atomic E-state index is 0.103. The van der Waals surface area contributed by atoms with E-state index in [1.807, 2.05) is 0 Å². The lowest BCUT2D eigenvalue weighted by atomic mass is 10.1. The van der Waals surface area contributed by atoms with E-state index in [1.165, 1.54) is 25.2 Å². The van der Waals surface area contributed by atoms with Crippen molar-refractivity contribution in [3.63, 3.8) is 0 Å². The lowest BCUT2D eigenvalue weighted by Gasteiger charge is -2.12. The summed E-state index contributed by atoms with van der Waals surface area (Å²) in [5, 5.41) is 11.9. The quantitative estimate of drug-likeness (QED) is 0.849. The molecule has 0 amide bonds. The van der Waals surface area contributed by atoms with Crippen LogP contribution in [0.25, 0.3) is 0 Å². The number of nitrogens with zero attached hydrogens (tertiary/aromatic N) is 1. The van der Waals surface area contributed by atoms with Crippen molar-refractivity contribution in [1.82, 2.24) is 4.72 Å². The van der Waals surface area contributed by atoms with Gasteiger partial charge >= 0.3 is 6.18 Å². The van der Waals surface area contributed by atoms with Gasteiger partial charge in [-0.3, -0.25) is 0 Å². The van der Waals surface area contributed by atoms with Crippen LogP contribution >= 0.6 is 0 Å². The molecular weight excluding hydrogens is 355 g/mol. The predicted molar refractivity (Wildman–Crippen MR) is 86.2 cm³/mol. The molecule has 0 heterocycles. The number of alkyl halides is 3. The fourth-order valence-corrected chi connectivity index (χ4v) is 2.80. The topological polar surface area (TPSA) is 82.0 Å². The Bertz CT molecular complexity index is 902.